The predicted octanol–water partition coefficient (Wildman–Crippen LogP) is 3.15. The summed E-state index contributed by atoms with van der Waals surface area (Å²) in [5.41, 5.74) is -1.41. The number of rotatable bonds is 3. The summed E-state index contributed by atoms with van der Waals surface area (Å²) in [5, 5.41) is 3.92. The number of hydrogen-bond donors (Lipinski definition) is 0. The summed E-state index contributed by atoms with van der Waals surface area (Å²) in [6, 6.07) is 0. The van der Waals surface area contributed by atoms with E-state index in [9.17, 15) is 4.79 Å². The highest BCUT2D eigenvalue weighted by atomic mass is 16.7. The third kappa shape index (κ3) is 4.54. The molecule has 0 bridgehead atoms. The SMILES string of the molecule is Cc1noc(C2(OC3CCCCO3)CCCN(C(=O)OC(C)(C)C)C2)n1. The molecule has 2 aliphatic heterocycles. The van der Waals surface area contributed by atoms with Gasteiger partial charge in [-0.3, -0.25) is 0 Å². The minimum absolute atomic E-state index is 0.309. The van der Waals surface area contributed by atoms with Crippen LogP contribution in [0.4, 0.5) is 4.79 Å². The molecule has 2 aliphatic rings. The summed E-state index contributed by atoms with van der Waals surface area (Å²) in [4.78, 5) is 18.6. The van der Waals surface area contributed by atoms with Gasteiger partial charge in [-0.15, -0.1) is 0 Å². The highest BCUT2D eigenvalue weighted by molar-refractivity contribution is 5.68. The van der Waals surface area contributed by atoms with Gasteiger partial charge in [-0.1, -0.05) is 5.16 Å². The van der Waals surface area contributed by atoms with E-state index in [0.717, 1.165) is 25.7 Å². The molecule has 2 saturated heterocycles. The van der Waals surface area contributed by atoms with Gasteiger partial charge in [0.25, 0.3) is 5.89 Å². The van der Waals surface area contributed by atoms with Gasteiger partial charge >= 0.3 is 6.09 Å². The van der Waals surface area contributed by atoms with Gasteiger partial charge in [0.2, 0.25) is 0 Å². The molecule has 1 aromatic rings. The Morgan fingerprint density at radius 1 is 1.31 bits per heavy atom. The summed E-state index contributed by atoms with van der Waals surface area (Å²) < 4.78 is 23.1. The average molecular weight is 367 g/mol. The first-order valence-corrected chi connectivity index (χ1v) is 9.36. The van der Waals surface area contributed by atoms with Crippen molar-refractivity contribution < 1.29 is 23.5 Å². The van der Waals surface area contributed by atoms with Gasteiger partial charge < -0.3 is 23.6 Å². The molecule has 2 atom stereocenters. The molecule has 3 heterocycles. The van der Waals surface area contributed by atoms with Crippen LogP contribution in [-0.2, 0) is 19.8 Å². The van der Waals surface area contributed by atoms with E-state index in [1.54, 1.807) is 11.8 Å². The summed E-state index contributed by atoms with van der Waals surface area (Å²) in [6.07, 6.45) is 3.68. The van der Waals surface area contributed by atoms with Crippen LogP contribution in [0.1, 0.15) is 64.6 Å². The van der Waals surface area contributed by atoms with Gasteiger partial charge in [0.15, 0.2) is 17.7 Å². The molecule has 1 aromatic heterocycles. The lowest BCUT2D eigenvalue weighted by atomic mass is 9.92. The molecule has 8 heteroatoms. The number of piperidine rings is 1. The fraction of sp³-hybridized carbons (Fsp3) is 0.833. The molecule has 0 saturated carbocycles. The fourth-order valence-electron chi connectivity index (χ4n) is 3.36. The molecule has 3 rings (SSSR count). The Kier molecular flexibility index (Phi) is 5.53. The van der Waals surface area contributed by atoms with Gasteiger partial charge in [0.1, 0.15) is 5.60 Å². The lowest BCUT2D eigenvalue weighted by Crippen LogP contribution is -2.52. The first-order valence-electron chi connectivity index (χ1n) is 9.36. The fourth-order valence-corrected chi connectivity index (χ4v) is 3.36. The van der Waals surface area contributed by atoms with E-state index in [4.69, 9.17) is 18.7 Å². The van der Waals surface area contributed by atoms with Crippen molar-refractivity contribution in [2.45, 2.75) is 77.3 Å². The van der Waals surface area contributed by atoms with Crippen LogP contribution in [0.15, 0.2) is 4.52 Å². The second-order valence-corrected chi connectivity index (χ2v) is 8.06. The van der Waals surface area contributed by atoms with Crippen molar-refractivity contribution in [3.8, 4) is 0 Å². The zero-order valence-electron chi connectivity index (χ0n) is 16.1. The topological polar surface area (TPSA) is 86.9 Å². The third-order valence-electron chi connectivity index (χ3n) is 4.52. The maximum Gasteiger partial charge on any atom is 0.410 e. The first-order chi connectivity index (χ1) is 12.3. The molecule has 2 unspecified atom stereocenters. The highest BCUT2D eigenvalue weighted by Gasteiger charge is 2.47. The standard InChI is InChI=1S/C18H29N3O5/c1-13-19-15(26-20-13)18(24-14-8-5-6-11-23-14)9-7-10-21(12-18)16(22)25-17(2,3)4/h14H,5-12H2,1-4H3. The summed E-state index contributed by atoms with van der Waals surface area (Å²) in [7, 11) is 0. The molecular weight excluding hydrogens is 338 g/mol. The van der Waals surface area contributed by atoms with E-state index < -0.39 is 11.2 Å². The molecule has 0 aromatic carbocycles. The van der Waals surface area contributed by atoms with Gasteiger partial charge in [0.05, 0.1) is 6.54 Å². The van der Waals surface area contributed by atoms with Crippen molar-refractivity contribution in [1.29, 1.82) is 0 Å². The zero-order valence-corrected chi connectivity index (χ0v) is 16.1. The molecule has 0 N–H and O–H groups in total. The molecule has 0 aliphatic carbocycles. The van der Waals surface area contributed by atoms with Crippen molar-refractivity contribution in [2.75, 3.05) is 19.7 Å². The Morgan fingerprint density at radius 3 is 2.73 bits per heavy atom. The van der Waals surface area contributed by atoms with Crippen LogP contribution in [0.5, 0.6) is 0 Å². The van der Waals surface area contributed by atoms with Crippen LogP contribution in [0, 0.1) is 6.92 Å². The zero-order chi connectivity index (χ0) is 18.8. The van der Waals surface area contributed by atoms with Crippen molar-refractivity contribution in [3.63, 3.8) is 0 Å². The van der Waals surface area contributed by atoms with Gasteiger partial charge in [-0.2, -0.15) is 4.98 Å². The Bertz CT molecular complexity index is 621. The van der Waals surface area contributed by atoms with Gasteiger partial charge in [0, 0.05) is 13.2 Å². The molecule has 2 fully saturated rings. The Hall–Kier alpha value is -1.67. The molecule has 26 heavy (non-hydrogen) atoms. The van der Waals surface area contributed by atoms with Crippen LogP contribution in [0.25, 0.3) is 0 Å². The molecule has 8 nitrogen and oxygen atoms in total. The number of carbonyl (C=O) groups is 1. The van der Waals surface area contributed by atoms with Gasteiger partial charge in [-0.25, -0.2) is 4.79 Å². The van der Waals surface area contributed by atoms with Crippen molar-refractivity contribution >= 4 is 6.09 Å². The van der Waals surface area contributed by atoms with Crippen molar-refractivity contribution in [3.05, 3.63) is 11.7 Å². The van der Waals surface area contributed by atoms with Crippen LogP contribution >= 0.6 is 0 Å². The monoisotopic (exact) mass is 367 g/mol. The number of ether oxygens (including phenoxy) is 3. The smallest absolute Gasteiger partial charge is 0.410 e. The number of aromatic nitrogens is 2. The van der Waals surface area contributed by atoms with Crippen molar-refractivity contribution in [2.24, 2.45) is 0 Å². The van der Waals surface area contributed by atoms with Crippen LogP contribution in [-0.4, -0.2) is 52.7 Å². The van der Waals surface area contributed by atoms with Gasteiger partial charge in [-0.05, 0) is 59.8 Å². The Labute approximate surface area is 154 Å². The lowest BCUT2D eigenvalue weighted by Gasteiger charge is -2.42. The second kappa shape index (κ2) is 7.52. The van der Waals surface area contributed by atoms with E-state index in [1.807, 2.05) is 20.8 Å². The first kappa shape index (κ1) is 19.1. The minimum atomic E-state index is -0.863. The maximum atomic E-state index is 12.6. The summed E-state index contributed by atoms with van der Waals surface area (Å²) in [6.45, 7) is 8.94. The molecule has 0 radical (unpaired) electrons. The second-order valence-electron chi connectivity index (χ2n) is 8.06. The number of aryl methyl sites for hydroxylation is 1. The van der Waals surface area contributed by atoms with E-state index in [2.05, 4.69) is 10.1 Å². The predicted molar refractivity (Wildman–Crippen MR) is 92.4 cm³/mol. The van der Waals surface area contributed by atoms with E-state index >= 15 is 0 Å². The highest BCUT2D eigenvalue weighted by Crippen LogP contribution is 2.37. The number of nitrogens with zero attached hydrogens (tertiary/aromatic N) is 3. The molecule has 0 spiro atoms. The molecule has 1 amide bonds. The molecular formula is C18H29N3O5. The van der Waals surface area contributed by atoms with E-state index in [0.29, 0.717) is 37.8 Å². The normalized spacial score (nSPS) is 27.4. The van der Waals surface area contributed by atoms with Crippen LogP contribution in [0.2, 0.25) is 0 Å². The number of amides is 1. The summed E-state index contributed by atoms with van der Waals surface area (Å²) >= 11 is 0. The number of carbonyl (C=O) groups excluding carboxylic acids is 1. The minimum Gasteiger partial charge on any atom is -0.444 e. The van der Waals surface area contributed by atoms with Crippen LogP contribution in [0.3, 0.4) is 0 Å². The third-order valence-corrected chi connectivity index (χ3v) is 4.52. The molecule has 146 valence electrons. The number of likely N-dealkylation sites (tertiary alicyclic amines) is 1. The quantitative estimate of drug-likeness (QED) is 0.811. The van der Waals surface area contributed by atoms with E-state index in [1.165, 1.54) is 0 Å². The Balaban J connectivity index is 1.81. The maximum absolute atomic E-state index is 12.6. The van der Waals surface area contributed by atoms with Crippen LogP contribution < -0.4 is 0 Å². The van der Waals surface area contributed by atoms with E-state index in [-0.39, 0.29) is 12.4 Å². The summed E-state index contributed by atoms with van der Waals surface area (Å²) in [5.74, 6) is 0.944. The lowest BCUT2D eigenvalue weighted by molar-refractivity contribution is -0.247. The Morgan fingerprint density at radius 2 is 2.12 bits per heavy atom. The average Bonchev–Trinajstić information content (AvgIpc) is 3.02. The van der Waals surface area contributed by atoms with Crippen molar-refractivity contribution in [1.82, 2.24) is 15.0 Å². The largest absolute Gasteiger partial charge is 0.444 e. The number of hydrogen-bond acceptors (Lipinski definition) is 7.